The molecule has 20 heavy (non-hydrogen) atoms. The molecule has 0 saturated heterocycles. The van der Waals surface area contributed by atoms with Gasteiger partial charge < -0.3 is 14.8 Å². The van der Waals surface area contributed by atoms with Crippen LogP contribution in [-0.2, 0) is 0 Å². The van der Waals surface area contributed by atoms with E-state index in [1.165, 1.54) is 31.2 Å². The lowest BCUT2D eigenvalue weighted by Crippen LogP contribution is -2.23. The Hall–Kier alpha value is -1.22. The van der Waals surface area contributed by atoms with Gasteiger partial charge in [-0.3, -0.25) is 0 Å². The van der Waals surface area contributed by atoms with Gasteiger partial charge >= 0.3 is 0 Å². The average Bonchev–Trinajstić information content (AvgIpc) is 3.31. The number of benzene rings is 1. The standard InChI is InChI=1S/C17H27NO2/c1-4-11-18-16(9-7-13-5-6-13)15-12-14(19-2)8-10-17(15)20-3/h8,10,12-13,16,18H,4-7,9,11H2,1-3H3. The number of hydrogen-bond donors (Lipinski definition) is 1. The summed E-state index contributed by atoms with van der Waals surface area (Å²) >= 11 is 0. The zero-order valence-electron chi connectivity index (χ0n) is 12.9. The van der Waals surface area contributed by atoms with Crippen LogP contribution in [-0.4, -0.2) is 20.8 Å². The number of rotatable bonds is 9. The van der Waals surface area contributed by atoms with Gasteiger partial charge in [0.2, 0.25) is 0 Å². The molecule has 1 aromatic rings. The largest absolute Gasteiger partial charge is 0.497 e. The Morgan fingerprint density at radius 1 is 1.25 bits per heavy atom. The Morgan fingerprint density at radius 3 is 2.65 bits per heavy atom. The molecule has 1 aliphatic carbocycles. The van der Waals surface area contributed by atoms with Gasteiger partial charge in [0.25, 0.3) is 0 Å². The van der Waals surface area contributed by atoms with Crippen molar-refractivity contribution in [1.82, 2.24) is 5.32 Å². The third-order valence-corrected chi connectivity index (χ3v) is 4.01. The average molecular weight is 277 g/mol. The Morgan fingerprint density at radius 2 is 2.05 bits per heavy atom. The molecular weight excluding hydrogens is 250 g/mol. The van der Waals surface area contributed by atoms with Crippen molar-refractivity contribution in [1.29, 1.82) is 0 Å². The molecule has 1 atom stereocenters. The van der Waals surface area contributed by atoms with Gasteiger partial charge in [0.1, 0.15) is 11.5 Å². The minimum Gasteiger partial charge on any atom is -0.497 e. The molecule has 1 N–H and O–H groups in total. The van der Waals surface area contributed by atoms with Crippen molar-refractivity contribution in [2.24, 2.45) is 5.92 Å². The van der Waals surface area contributed by atoms with Crippen molar-refractivity contribution in [2.75, 3.05) is 20.8 Å². The third-order valence-electron chi connectivity index (χ3n) is 4.01. The van der Waals surface area contributed by atoms with Crippen LogP contribution in [0.4, 0.5) is 0 Å². The van der Waals surface area contributed by atoms with E-state index in [4.69, 9.17) is 9.47 Å². The summed E-state index contributed by atoms with van der Waals surface area (Å²) in [4.78, 5) is 0. The van der Waals surface area contributed by atoms with Crippen LogP contribution in [0.5, 0.6) is 11.5 Å². The van der Waals surface area contributed by atoms with Crippen molar-refractivity contribution in [3.63, 3.8) is 0 Å². The van der Waals surface area contributed by atoms with Gasteiger partial charge in [0.15, 0.2) is 0 Å². The van der Waals surface area contributed by atoms with Crippen LogP contribution in [0.15, 0.2) is 18.2 Å². The highest BCUT2D eigenvalue weighted by atomic mass is 16.5. The fraction of sp³-hybridized carbons (Fsp3) is 0.647. The molecule has 2 rings (SSSR count). The van der Waals surface area contributed by atoms with Crippen molar-refractivity contribution in [3.8, 4) is 11.5 Å². The van der Waals surface area contributed by atoms with Crippen LogP contribution in [0.25, 0.3) is 0 Å². The van der Waals surface area contributed by atoms with E-state index in [2.05, 4.69) is 18.3 Å². The summed E-state index contributed by atoms with van der Waals surface area (Å²) in [6.45, 7) is 3.24. The first-order valence-corrected chi connectivity index (χ1v) is 7.73. The summed E-state index contributed by atoms with van der Waals surface area (Å²) in [5, 5.41) is 3.66. The molecule has 1 saturated carbocycles. The predicted molar refractivity (Wildman–Crippen MR) is 82.5 cm³/mol. The molecule has 0 aromatic heterocycles. The first kappa shape index (κ1) is 15.2. The van der Waals surface area contributed by atoms with Gasteiger partial charge in [-0.2, -0.15) is 0 Å². The first-order valence-electron chi connectivity index (χ1n) is 7.73. The van der Waals surface area contributed by atoms with Gasteiger partial charge in [0, 0.05) is 11.6 Å². The van der Waals surface area contributed by atoms with Crippen molar-refractivity contribution in [2.45, 2.75) is 45.1 Å². The van der Waals surface area contributed by atoms with Gasteiger partial charge in [-0.25, -0.2) is 0 Å². The molecule has 1 aliphatic rings. The molecule has 0 spiro atoms. The van der Waals surface area contributed by atoms with Gasteiger partial charge in [-0.1, -0.05) is 19.8 Å². The summed E-state index contributed by atoms with van der Waals surface area (Å²) in [5.41, 5.74) is 1.22. The van der Waals surface area contributed by atoms with Crippen LogP contribution in [0.3, 0.4) is 0 Å². The first-order chi connectivity index (χ1) is 9.78. The zero-order valence-corrected chi connectivity index (χ0v) is 12.9. The summed E-state index contributed by atoms with van der Waals surface area (Å²) in [5.74, 6) is 2.81. The maximum Gasteiger partial charge on any atom is 0.123 e. The number of hydrogen-bond acceptors (Lipinski definition) is 3. The lowest BCUT2D eigenvalue weighted by Gasteiger charge is -2.22. The van der Waals surface area contributed by atoms with E-state index < -0.39 is 0 Å². The Kier molecular flexibility index (Phi) is 5.72. The fourth-order valence-corrected chi connectivity index (χ4v) is 2.61. The van der Waals surface area contributed by atoms with Crippen molar-refractivity contribution < 1.29 is 9.47 Å². The molecule has 112 valence electrons. The van der Waals surface area contributed by atoms with Crippen LogP contribution < -0.4 is 14.8 Å². The maximum atomic E-state index is 5.53. The van der Waals surface area contributed by atoms with Crippen LogP contribution in [0.1, 0.15) is 50.6 Å². The van der Waals surface area contributed by atoms with Crippen LogP contribution in [0, 0.1) is 5.92 Å². The highest BCUT2D eigenvalue weighted by Gasteiger charge is 2.24. The minimum atomic E-state index is 0.362. The molecule has 3 nitrogen and oxygen atoms in total. The van der Waals surface area contributed by atoms with E-state index in [1.54, 1.807) is 14.2 Å². The molecule has 0 heterocycles. The Balaban J connectivity index is 2.14. The molecule has 0 aliphatic heterocycles. The van der Waals surface area contributed by atoms with E-state index in [9.17, 15) is 0 Å². The molecule has 1 unspecified atom stereocenters. The smallest absolute Gasteiger partial charge is 0.123 e. The van der Waals surface area contributed by atoms with Crippen molar-refractivity contribution in [3.05, 3.63) is 23.8 Å². The molecular formula is C17H27NO2. The zero-order chi connectivity index (χ0) is 14.4. The van der Waals surface area contributed by atoms with E-state index in [-0.39, 0.29) is 0 Å². The van der Waals surface area contributed by atoms with E-state index in [0.717, 1.165) is 30.4 Å². The quantitative estimate of drug-likeness (QED) is 0.741. The lowest BCUT2D eigenvalue weighted by atomic mass is 9.99. The maximum absolute atomic E-state index is 5.53. The number of methoxy groups -OCH3 is 2. The van der Waals surface area contributed by atoms with Gasteiger partial charge in [-0.05, 0) is 49.9 Å². The summed E-state index contributed by atoms with van der Waals surface area (Å²) in [6, 6.07) is 6.44. The fourth-order valence-electron chi connectivity index (χ4n) is 2.61. The summed E-state index contributed by atoms with van der Waals surface area (Å²) < 4.78 is 10.9. The molecule has 0 radical (unpaired) electrons. The summed E-state index contributed by atoms with van der Waals surface area (Å²) in [7, 11) is 3.45. The monoisotopic (exact) mass is 277 g/mol. The molecule has 0 bridgehead atoms. The normalized spacial score (nSPS) is 15.9. The Bertz CT molecular complexity index is 415. The summed E-state index contributed by atoms with van der Waals surface area (Å²) in [6.07, 6.45) is 6.45. The molecule has 3 heteroatoms. The Labute approximate surface area is 122 Å². The van der Waals surface area contributed by atoms with E-state index in [1.807, 2.05) is 12.1 Å². The second kappa shape index (κ2) is 7.53. The third kappa shape index (κ3) is 4.14. The lowest BCUT2D eigenvalue weighted by molar-refractivity contribution is 0.382. The highest BCUT2D eigenvalue weighted by Crippen LogP contribution is 2.38. The topological polar surface area (TPSA) is 30.5 Å². The second-order valence-electron chi connectivity index (χ2n) is 5.64. The van der Waals surface area contributed by atoms with Gasteiger partial charge in [-0.15, -0.1) is 0 Å². The van der Waals surface area contributed by atoms with Crippen LogP contribution in [0.2, 0.25) is 0 Å². The van der Waals surface area contributed by atoms with E-state index >= 15 is 0 Å². The highest BCUT2D eigenvalue weighted by molar-refractivity contribution is 5.42. The number of ether oxygens (including phenoxy) is 2. The second-order valence-corrected chi connectivity index (χ2v) is 5.64. The number of nitrogens with one attached hydrogen (secondary N) is 1. The van der Waals surface area contributed by atoms with E-state index in [0.29, 0.717) is 6.04 Å². The molecule has 1 fully saturated rings. The molecule has 1 aromatic carbocycles. The SMILES string of the molecule is CCCNC(CCC1CC1)c1cc(OC)ccc1OC. The minimum absolute atomic E-state index is 0.362. The van der Waals surface area contributed by atoms with Crippen LogP contribution >= 0.6 is 0 Å². The van der Waals surface area contributed by atoms with Gasteiger partial charge in [0.05, 0.1) is 14.2 Å². The predicted octanol–water partition coefficient (Wildman–Crippen LogP) is 3.93. The van der Waals surface area contributed by atoms with Crippen molar-refractivity contribution >= 4 is 0 Å². The molecule has 0 amide bonds.